The molecule has 1 fully saturated rings. The molecule has 3 rings (SSSR count). The molecule has 0 aliphatic heterocycles. The van der Waals surface area contributed by atoms with E-state index in [4.69, 9.17) is 4.74 Å². The number of aromatic nitrogens is 4. The number of ether oxygens (including phenoxy) is 1. The van der Waals surface area contributed by atoms with E-state index in [1.165, 1.54) is 12.6 Å². The maximum Gasteiger partial charge on any atom is 0.166 e. The van der Waals surface area contributed by atoms with Crippen molar-refractivity contribution >= 4 is 50.7 Å². The molecule has 3 atom stereocenters. The van der Waals surface area contributed by atoms with Crippen LogP contribution in [0, 0.1) is 0 Å². The van der Waals surface area contributed by atoms with Gasteiger partial charge in [-0.25, -0.2) is 23.1 Å². The number of rotatable bonds is 8. The van der Waals surface area contributed by atoms with E-state index >= 15 is 0 Å². The normalized spacial score (nSPS) is 23.0. The van der Waals surface area contributed by atoms with Crippen molar-refractivity contribution in [2.45, 2.75) is 62.7 Å². The van der Waals surface area contributed by atoms with E-state index in [1.54, 1.807) is 4.68 Å². The van der Waals surface area contributed by atoms with Crippen molar-refractivity contribution in [3.63, 3.8) is 0 Å². The van der Waals surface area contributed by atoms with Crippen LogP contribution in [-0.4, -0.2) is 71.6 Å². The standard InChI is InChI=1S/C17H28BrN5O4SSi/c1-28(25,26)11-7-12(13(24)8-11)21-16-14-15(18)22-23(17(14)20-9-19-16)10-27-5-6-29(2,3)4/h9,11-13,24H,5-8,10H2,1-4H3,(H,19,20,21)/t11-,12?,13-/m1/s1. The molecule has 0 amide bonds. The first-order valence-electron chi connectivity index (χ1n) is 9.54. The lowest BCUT2D eigenvalue weighted by Gasteiger charge is -2.17. The first-order chi connectivity index (χ1) is 13.5. The molecule has 9 nitrogen and oxygen atoms in total. The molecular weight excluding hydrogens is 478 g/mol. The fourth-order valence-electron chi connectivity index (χ4n) is 3.34. The van der Waals surface area contributed by atoms with Crippen molar-refractivity contribution in [3.8, 4) is 0 Å². The minimum atomic E-state index is -3.20. The van der Waals surface area contributed by atoms with Gasteiger partial charge in [0.15, 0.2) is 5.65 Å². The van der Waals surface area contributed by atoms with E-state index in [0.29, 0.717) is 34.5 Å². The van der Waals surface area contributed by atoms with E-state index < -0.39 is 35.3 Å². The maximum atomic E-state index is 11.8. The van der Waals surface area contributed by atoms with Crippen molar-refractivity contribution in [1.29, 1.82) is 0 Å². The maximum absolute atomic E-state index is 11.8. The largest absolute Gasteiger partial charge is 0.391 e. The number of anilines is 1. The SMILES string of the molecule is C[Si](C)(C)CCOCn1nc(Br)c2c(NC3C[C@@H](S(C)(=O)=O)C[C@H]3O)ncnc21. The Balaban J connectivity index is 1.76. The minimum absolute atomic E-state index is 0.218. The van der Waals surface area contributed by atoms with Crippen LogP contribution in [0.5, 0.6) is 0 Å². The van der Waals surface area contributed by atoms with Gasteiger partial charge in [-0.1, -0.05) is 19.6 Å². The number of sulfone groups is 1. The molecule has 0 bridgehead atoms. The van der Waals surface area contributed by atoms with Gasteiger partial charge in [0.25, 0.3) is 0 Å². The molecule has 1 unspecified atom stereocenters. The Bertz CT molecular complexity index is 978. The monoisotopic (exact) mass is 505 g/mol. The van der Waals surface area contributed by atoms with E-state index in [0.717, 1.165) is 6.04 Å². The Morgan fingerprint density at radius 3 is 2.69 bits per heavy atom. The molecule has 0 radical (unpaired) electrons. The summed E-state index contributed by atoms with van der Waals surface area (Å²) < 4.78 is 31.7. The highest BCUT2D eigenvalue weighted by Crippen LogP contribution is 2.32. The summed E-state index contributed by atoms with van der Waals surface area (Å²) in [6, 6.07) is 0.659. The van der Waals surface area contributed by atoms with Gasteiger partial charge >= 0.3 is 0 Å². The van der Waals surface area contributed by atoms with E-state index in [2.05, 4.69) is 56.0 Å². The van der Waals surface area contributed by atoms with Crippen LogP contribution in [0.3, 0.4) is 0 Å². The average Bonchev–Trinajstić information content (AvgIpc) is 3.12. The average molecular weight is 506 g/mol. The molecule has 29 heavy (non-hydrogen) atoms. The summed E-state index contributed by atoms with van der Waals surface area (Å²) in [4.78, 5) is 8.62. The number of hydrogen-bond donors (Lipinski definition) is 2. The van der Waals surface area contributed by atoms with Crippen LogP contribution < -0.4 is 5.32 Å². The van der Waals surface area contributed by atoms with Gasteiger partial charge < -0.3 is 15.2 Å². The second-order valence-corrected chi connectivity index (χ2v) is 17.5. The highest BCUT2D eigenvalue weighted by Gasteiger charge is 2.38. The highest BCUT2D eigenvalue weighted by atomic mass is 79.9. The summed E-state index contributed by atoms with van der Waals surface area (Å²) in [6.45, 7) is 7.85. The summed E-state index contributed by atoms with van der Waals surface area (Å²) in [5.41, 5.74) is 0.606. The second-order valence-electron chi connectivity index (χ2n) is 8.80. The summed E-state index contributed by atoms with van der Waals surface area (Å²) in [7, 11) is -4.37. The first kappa shape index (κ1) is 22.6. The van der Waals surface area contributed by atoms with Crippen molar-refractivity contribution in [3.05, 3.63) is 10.9 Å². The van der Waals surface area contributed by atoms with Gasteiger partial charge in [0, 0.05) is 20.9 Å². The Kier molecular flexibility index (Phi) is 6.68. The third kappa shape index (κ3) is 5.54. The Morgan fingerprint density at radius 1 is 1.34 bits per heavy atom. The number of hydrogen-bond acceptors (Lipinski definition) is 8. The van der Waals surface area contributed by atoms with Crippen LogP contribution in [0.1, 0.15) is 12.8 Å². The number of nitrogens with zero attached hydrogens (tertiary/aromatic N) is 4. The fraction of sp³-hybridized carbons (Fsp3) is 0.706. The smallest absolute Gasteiger partial charge is 0.166 e. The number of fused-ring (bicyclic) bond motifs is 1. The Labute approximate surface area is 180 Å². The Hall–Kier alpha value is -1.08. The van der Waals surface area contributed by atoms with Gasteiger partial charge in [-0.3, -0.25) is 0 Å². The molecule has 1 aliphatic rings. The van der Waals surface area contributed by atoms with Crippen LogP contribution in [0.15, 0.2) is 10.9 Å². The van der Waals surface area contributed by atoms with E-state index in [9.17, 15) is 13.5 Å². The minimum Gasteiger partial charge on any atom is -0.391 e. The van der Waals surface area contributed by atoms with Crippen molar-refractivity contribution in [1.82, 2.24) is 19.7 Å². The topological polar surface area (TPSA) is 119 Å². The molecule has 162 valence electrons. The van der Waals surface area contributed by atoms with E-state index in [-0.39, 0.29) is 13.2 Å². The fourth-order valence-corrected chi connectivity index (χ4v) is 5.76. The third-order valence-corrected chi connectivity index (χ3v) is 8.96. The molecule has 0 aromatic carbocycles. The van der Waals surface area contributed by atoms with Crippen molar-refractivity contribution < 1.29 is 18.3 Å². The number of nitrogens with one attached hydrogen (secondary N) is 1. The molecule has 0 spiro atoms. The second kappa shape index (κ2) is 8.58. The molecular formula is C17H28BrN5O4SSi. The van der Waals surface area contributed by atoms with Crippen molar-refractivity contribution in [2.24, 2.45) is 0 Å². The number of halogens is 1. The lowest BCUT2D eigenvalue weighted by Crippen LogP contribution is -2.28. The zero-order valence-corrected chi connectivity index (χ0v) is 20.5. The summed E-state index contributed by atoms with van der Waals surface area (Å²) in [5.74, 6) is 0.508. The van der Waals surface area contributed by atoms with Crippen LogP contribution in [0.4, 0.5) is 5.82 Å². The molecule has 1 aliphatic carbocycles. The van der Waals surface area contributed by atoms with Gasteiger partial charge in [-0.2, -0.15) is 5.10 Å². The number of aliphatic hydroxyl groups is 1. The predicted molar refractivity (Wildman–Crippen MR) is 118 cm³/mol. The van der Waals surface area contributed by atoms with Crippen LogP contribution in [0.25, 0.3) is 11.0 Å². The summed E-state index contributed by atoms with van der Waals surface area (Å²) in [5, 5.41) is 18.1. The van der Waals surface area contributed by atoms with Gasteiger partial charge in [0.2, 0.25) is 0 Å². The van der Waals surface area contributed by atoms with Gasteiger partial charge in [-0.05, 0) is 34.8 Å². The first-order valence-corrected chi connectivity index (χ1v) is 16.0. The third-order valence-electron chi connectivity index (χ3n) is 5.11. The molecule has 2 heterocycles. The molecule has 2 aromatic heterocycles. The zero-order valence-electron chi connectivity index (χ0n) is 17.1. The summed E-state index contributed by atoms with van der Waals surface area (Å²) in [6.07, 6.45) is 2.41. The summed E-state index contributed by atoms with van der Waals surface area (Å²) >= 11 is 3.46. The molecule has 1 saturated carbocycles. The predicted octanol–water partition coefficient (Wildman–Crippen LogP) is 2.25. The zero-order chi connectivity index (χ0) is 21.4. The lowest BCUT2D eigenvalue weighted by molar-refractivity contribution is 0.0810. The highest BCUT2D eigenvalue weighted by molar-refractivity contribution is 9.10. The van der Waals surface area contributed by atoms with Crippen LogP contribution in [0.2, 0.25) is 25.7 Å². The van der Waals surface area contributed by atoms with Gasteiger partial charge in [0.05, 0.1) is 22.8 Å². The van der Waals surface area contributed by atoms with Crippen LogP contribution in [-0.2, 0) is 21.3 Å². The number of aliphatic hydroxyl groups excluding tert-OH is 1. The quantitative estimate of drug-likeness (QED) is 0.413. The molecule has 2 N–H and O–H groups in total. The van der Waals surface area contributed by atoms with Crippen molar-refractivity contribution in [2.75, 3.05) is 18.2 Å². The molecule has 2 aromatic rings. The van der Waals surface area contributed by atoms with E-state index in [1.807, 2.05) is 0 Å². The lowest BCUT2D eigenvalue weighted by atomic mass is 10.2. The van der Waals surface area contributed by atoms with Gasteiger partial charge in [0.1, 0.15) is 33.3 Å². The van der Waals surface area contributed by atoms with Crippen LogP contribution >= 0.6 is 15.9 Å². The van der Waals surface area contributed by atoms with Gasteiger partial charge in [-0.15, -0.1) is 0 Å². The Morgan fingerprint density at radius 2 is 2.07 bits per heavy atom. The molecule has 0 saturated heterocycles. The molecule has 12 heteroatoms.